The standard InChI is InChI=1S/C27H39N5O2S/c1-19-23-25(28-12-9-20-6-3-2-4-7-20)29-18-30-26(23)35-24(19)27(34)31-14-10-22(11-15-31)32-13-5-8-21(16-32)17-33/h6,18,21-22,33H,2-5,7-17H2,1H3,(H,28,29,30)/t21-/m0/s1. The van der Waals surface area contributed by atoms with Crippen LogP contribution in [0.15, 0.2) is 18.0 Å². The van der Waals surface area contributed by atoms with Crippen molar-refractivity contribution in [2.24, 2.45) is 5.92 Å². The molecule has 35 heavy (non-hydrogen) atoms. The Balaban J connectivity index is 1.22. The number of aliphatic hydroxyl groups is 1. The number of thiophene rings is 1. The molecule has 2 aliphatic heterocycles. The Morgan fingerprint density at radius 1 is 1.17 bits per heavy atom. The molecular weight excluding hydrogens is 458 g/mol. The van der Waals surface area contributed by atoms with Gasteiger partial charge in [-0.1, -0.05) is 11.6 Å². The molecule has 0 spiro atoms. The molecule has 2 N–H and O–H groups in total. The molecule has 190 valence electrons. The van der Waals surface area contributed by atoms with Crippen LogP contribution in [-0.2, 0) is 0 Å². The summed E-state index contributed by atoms with van der Waals surface area (Å²) in [7, 11) is 0. The minimum absolute atomic E-state index is 0.133. The lowest BCUT2D eigenvalue weighted by molar-refractivity contribution is 0.0457. The molecule has 0 saturated carbocycles. The Hall–Kier alpha value is -2.03. The molecule has 8 heteroatoms. The summed E-state index contributed by atoms with van der Waals surface area (Å²) >= 11 is 1.50. The second kappa shape index (κ2) is 11.4. The molecule has 0 aromatic carbocycles. The van der Waals surface area contributed by atoms with E-state index in [9.17, 15) is 9.90 Å². The highest BCUT2D eigenvalue weighted by Crippen LogP contribution is 2.35. The van der Waals surface area contributed by atoms with Crippen molar-refractivity contribution in [2.75, 3.05) is 44.6 Å². The lowest BCUT2D eigenvalue weighted by atomic mass is 9.94. The molecule has 2 aromatic heterocycles. The number of hydrogen-bond acceptors (Lipinski definition) is 7. The molecule has 4 heterocycles. The average Bonchev–Trinajstić information content (AvgIpc) is 3.26. The second-order valence-electron chi connectivity index (χ2n) is 10.5. The van der Waals surface area contributed by atoms with E-state index >= 15 is 0 Å². The quantitative estimate of drug-likeness (QED) is 0.544. The molecule has 1 atom stereocenters. The number of hydrogen-bond donors (Lipinski definition) is 2. The van der Waals surface area contributed by atoms with Crippen LogP contribution in [0.25, 0.3) is 10.2 Å². The van der Waals surface area contributed by atoms with Crippen molar-refractivity contribution in [3.63, 3.8) is 0 Å². The van der Waals surface area contributed by atoms with Crippen molar-refractivity contribution in [1.29, 1.82) is 0 Å². The third-order valence-corrected chi connectivity index (χ3v) is 9.31. The number of piperidine rings is 2. The summed E-state index contributed by atoms with van der Waals surface area (Å²) in [4.78, 5) is 28.8. The Morgan fingerprint density at radius 3 is 2.80 bits per heavy atom. The van der Waals surface area contributed by atoms with Crippen LogP contribution in [0.3, 0.4) is 0 Å². The topological polar surface area (TPSA) is 81.6 Å². The number of amides is 1. The van der Waals surface area contributed by atoms with Crippen LogP contribution in [0.2, 0.25) is 0 Å². The number of nitrogens with zero attached hydrogens (tertiary/aromatic N) is 4. The van der Waals surface area contributed by atoms with E-state index in [1.807, 2.05) is 11.8 Å². The van der Waals surface area contributed by atoms with E-state index in [1.165, 1.54) is 43.4 Å². The summed E-state index contributed by atoms with van der Waals surface area (Å²) in [6.45, 7) is 6.90. The number of fused-ring (bicyclic) bond motifs is 1. The average molecular weight is 498 g/mol. The predicted molar refractivity (Wildman–Crippen MR) is 142 cm³/mol. The van der Waals surface area contributed by atoms with E-state index in [4.69, 9.17) is 0 Å². The molecule has 2 aromatic rings. The molecular formula is C27H39N5O2S. The third-order valence-electron chi connectivity index (χ3n) is 8.12. The highest BCUT2D eigenvalue weighted by atomic mass is 32.1. The molecule has 2 saturated heterocycles. The number of carbonyl (C=O) groups is 1. The first-order valence-corrected chi connectivity index (χ1v) is 14.3. The first kappa shape index (κ1) is 24.7. The number of allylic oxidation sites excluding steroid dienone is 1. The van der Waals surface area contributed by atoms with Crippen LogP contribution in [-0.4, -0.2) is 76.2 Å². The van der Waals surface area contributed by atoms with E-state index in [2.05, 4.69) is 26.3 Å². The van der Waals surface area contributed by atoms with Crippen molar-refractivity contribution in [2.45, 2.75) is 70.8 Å². The van der Waals surface area contributed by atoms with Gasteiger partial charge in [0.25, 0.3) is 5.91 Å². The molecule has 0 unspecified atom stereocenters. The van der Waals surface area contributed by atoms with Crippen molar-refractivity contribution < 1.29 is 9.90 Å². The number of carbonyl (C=O) groups excluding carboxylic acids is 1. The number of aryl methyl sites for hydroxylation is 1. The Labute approximate surface area is 212 Å². The fourth-order valence-electron chi connectivity index (χ4n) is 6.04. The number of anilines is 1. The molecule has 1 aliphatic carbocycles. The van der Waals surface area contributed by atoms with Gasteiger partial charge in [-0.2, -0.15) is 0 Å². The first-order chi connectivity index (χ1) is 17.1. The summed E-state index contributed by atoms with van der Waals surface area (Å²) < 4.78 is 0. The van der Waals surface area contributed by atoms with Gasteiger partial charge in [0.2, 0.25) is 0 Å². The SMILES string of the molecule is Cc1c(C(=O)N2CCC(N3CCC[C@H](CO)C3)CC2)sc2ncnc(NCCC3=CCCCC3)c12. The van der Waals surface area contributed by atoms with E-state index in [1.54, 1.807) is 11.9 Å². The van der Waals surface area contributed by atoms with Gasteiger partial charge < -0.3 is 15.3 Å². The lowest BCUT2D eigenvalue weighted by Gasteiger charge is -2.42. The fourth-order valence-corrected chi connectivity index (χ4v) is 7.16. The largest absolute Gasteiger partial charge is 0.396 e. The zero-order chi connectivity index (χ0) is 24.2. The predicted octanol–water partition coefficient (Wildman–Crippen LogP) is 4.61. The fraction of sp³-hybridized carbons (Fsp3) is 0.667. The molecule has 0 bridgehead atoms. The van der Waals surface area contributed by atoms with Crippen molar-refractivity contribution in [3.8, 4) is 0 Å². The van der Waals surface area contributed by atoms with Crippen LogP contribution >= 0.6 is 11.3 Å². The summed E-state index contributed by atoms with van der Waals surface area (Å²) in [6.07, 6.45) is 14.4. The van der Waals surface area contributed by atoms with Gasteiger partial charge >= 0.3 is 0 Å². The number of nitrogens with one attached hydrogen (secondary N) is 1. The van der Waals surface area contributed by atoms with Gasteiger partial charge in [-0.3, -0.25) is 9.69 Å². The monoisotopic (exact) mass is 497 g/mol. The minimum atomic E-state index is 0.133. The van der Waals surface area contributed by atoms with Crippen LogP contribution in [0, 0.1) is 12.8 Å². The third kappa shape index (κ3) is 5.54. The normalized spacial score (nSPS) is 22.4. The molecule has 7 nitrogen and oxygen atoms in total. The van der Waals surface area contributed by atoms with Crippen LogP contribution in [0.4, 0.5) is 5.82 Å². The molecule has 5 rings (SSSR count). The summed E-state index contributed by atoms with van der Waals surface area (Å²) in [6, 6.07) is 0.526. The minimum Gasteiger partial charge on any atom is -0.396 e. The van der Waals surface area contributed by atoms with Crippen LogP contribution in [0.5, 0.6) is 0 Å². The zero-order valence-electron chi connectivity index (χ0n) is 21.0. The summed E-state index contributed by atoms with van der Waals surface area (Å²) in [5, 5.41) is 14.1. The van der Waals surface area contributed by atoms with Crippen molar-refractivity contribution in [1.82, 2.24) is 19.8 Å². The van der Waals surface area contributed by atoms with Gasteiger partial charge in [0, 0.05) is 38.8 Å². The second-order valence-corrected chi connectivity index (χ2v) is 11.5. The zero-order valence-corrected chi connectivity index (χ0v) is 21.8. The highest BCUT2D eigenvalue weighted by molar-refractivity contribution is 7.20. The maximum Gasteiger partial charge on any atom is 0.264 e. The van der Waals surface area contributed by atoms with Crippen LogP contribution in [0.1, 0.15) is 73.0 Å². The lowest BCUT2D eigenvalue weighted by Crippen LogP contribution is -2.50. The van der Waals surface area contributed by atoms with E-state index in [-0.39, 0.29) is 12.5 Å². The van der Waals surface area contributed by atoms with Gasteiger partial charge in [-0.05, 0) is 82.7 Å². The van der Waals surface area contributed by atoms with E-state index < -0.39 is 0 Å². The highest BCUT2D eigenvalue weighted by Gasteiger charge is 2.31. The van der Waals surface area contributed by atoms with E-state index in [0.29, 0.717) is 12.0 Å². The van der Waals surface area contributed by atoms with E-state index in [0.717, 1.165) is 84.9 Å². The molecule has 1 amide bonds. The maximum absolute atomic E-state index is 13.5. The van der Waals surface area contributed by atoms with Crippen LogP contribution < -0.4 is 5.32 Å². The molecule has 0 radical (unpaired) electrons. The number of aliphatic hydroxyl groups excluding tert-OH is 1. The maximum atomic E-state index is 13.5. The number of aromatic nitrogens is 2. The van der Waals surface area contributed by atoms with Gasteiger partial charge in [0.15, 0.2) is 0 Å². The number of rotatable bonds is 7. The Kier molecular flexibility index (Phi) is 8.00. The summed E-state index contributed by atoms with van der Waals surface area (Å²) in [5.41, 5.74) is 2.55. The molecule has 3 aliphatic rings. The molecule has 2 fully saturated rings. The summed E-state index contributed by atoms with van der Waals surface area (Å²) in [5.74, 6) is 1.39. The number of likely N-dealkylation sites (tertiary alicyclic amines) is 2. The smallest absolute Gasteiger partial charge is 0.264 e. The Morgan fingerprint density at radius 2 is 2.03 bits per heavy atom. The van der Waals surface area contributed by atoms with Crippen molar-refractivity contribution in [3.05, 3.63) is 28.4 Å². The van der Waals surface area contributed by atoms with Gasteiger partial charge in [-0.15, -0.1) is 11.3 Å². The van der Waals surface area contributed by atoms with Gasteiger partial charge in [-0.25, -0.2) is 9.97 Å². The van der Waals surface area contributed by atoms with Crippen molar-refractivity contribution >= 4 is 33.3 Å². The van der Waals surface area contributed by atoms with Gasteiger partial charge in [0.05, 0.1) is 10.3 Å². The van der Waals surface area contributed by atoms with Gasteiger partial charge in [0.1, 0.15) is 17.0 Å². The first-order valence-electron chi connectivity index (χ1n) is 13.4. The Bertz CT molecular complexity index is 1060.